The molecule has 12 heteroatoms. The summed E-state index contributed by atoms with van der Waals surface area (Å²) < 4.78 is 16.2. The maximum atomic E-state index is 16.2. The van der Waals surface area contributed by atoms with Gasteiger partial charge in [0.25, 0.3) is 0 Å². The number of Topliss-reactive ketones (excluding diaryl/α,β-unsaturated/α-hetero) is 1. The van der Waals surface area contributed by atoms with E-state index in [2.05, 4.69) is 35.5 Å². The smallest absolute Gasteiger partial charge is 0.228 e. The summed E-state index contributed by atoms with van der Waals surface area (Å²) in [4.78, 5) is 46.7. The van der Waals surface area contributed by atoms with E-state index in [0.29, 0.717) is 38.6 Å². The van der Waals surface area contributed by atoms with Crippen molar-refractivity contribution < 1.29 is 14.0 Å². The molecule has 0 aliphatic rings. The van der Waals surface area contributed by atoms with Gasteiger partial charge in [-0.15, -0.1) is 11.3 Å². The van der Waals surface area contributed by atoms with E-state index in [9.17, 15) is 9.59 Å². The molecule has 7 aromatic rings. The summed E-state index contributed by atoms with van der Waals surface area (Å²) in [5.41, 5.74) is 4.24. The number of anilines is 1. The third kappa shape index (κ3) is 4.93. The van der Waals surface area contributed by atoms with Gasteiger partial charge in [0, 0.05) is 28.4 Å². The van der Waals surface area contributed by atoms with Crippen LogP contribution in [0.15, 0.2) is 79.4 Å². The monoisotopic (exact) mass is 588 g/mol. The summed E-state index contributed by atoms with van der Waals surface area (Å²) in [5, 5.41) is 10.2. The van der Waals surface area contributed by atoms with E-state index in [-0.39, 0.29) is 34.9 Å². The first-order chi connectivity index (χ1) is 20.9. The van der Waals surface area contributed by atoms with Crippen LogP contribution in [0.3, 0.4) is 0 Å². The van der Waals surface area contributed by atoms with E-state index in [1.807, 2.05) is 42.5 Å². The number of amides is 1. The fourth-order valence-electron chi connectivity index (χ4n) is 4.87. The fourth-order valence-corrected chi connectivity index (χ4v) is 5.79. The van der Waals surface area contributed by atoms with Crippen molar-refractivity contribution in [1.29, 1.82) is 0 Å². The number of H-pyrrole nitrogens is 2. The minimum absolute atomic E-state index is 0.0116. The Bertz CT molecular complexity index is 2170. The molecule has 6 heterocycles. The molecule has 0 aliphatic heterocycles. The van der Waals surface area contributed by atoms with Gasteiger partial charge in [-0.3, -0.25) is 24.7 Å². The number of hydrogen-bond acceptors (Lipinski definition) is 8. The predicted octanol–water partition coefficient (Wildman–Crippen LogP) is 6.21. The topological polar surface area (TPSA) is 142 Å². The first-order valence-electron chi connectivity index (χ1n) is 13.2. The van der Waals surface area contributed by atoms with Crippen LogP contribution in [0.5, 0.6) is 0 Å². The van der Waals surface area contributed by atoms with Gasteiger partial charge in [-0.05, 0) is 36.8 Å². The van der Waals surface area contributed by atoms with Gasteiger partial charge in [0.2, 0.25) is 5.91 Å². The Morgan fingerprint density at radius 1 is 1.00 bits per heavy atom. The van der Waals surface area contributed by atoms with Crippen LogP contribution in [0.4, 0.5) is 10.1 Å². The molecule has 0 bridgehead atoms. The highest BCUT2D eigenvalue weighted by Crippen LogP contribution is 2.36. The van der Waals surface area contributed by atoms with E-state index >= 15 is 4.39 Å². The van der Waals surface area contributed by atoms with Crippen LogP contribution in [0, 0.1) is 5.82 Å². The summed E-state index contributed by atoms with van der Waals surface area (Å²) in [6, 6.07) is 16.5. The summed E-state index contributed by atoms with van der Waals surface area (Å²) >= 11 is 1.37. The van der Waals surface area contributed by atoms with Gasteiger partial charge in [0.15, 0.2) is 23.1 Å². The van der Waals surface area contributed by atoms with Crippen LogP contribution in [0.25, 0.3) is 55.3 Å². The van der Waals surface area contributed by atoms with Gasteiger partial charge in [0.1, 0.15) is 16.9 Å². The summed E-state index contributed by atoms with van der Waals surface area (Å²) in [7, 11) is 0. The quantitative estimate of drug-likeness (QED) is 0.188. The number of fused-ring (bicyclic) bond motifs is 2. The van der Waals surface area contributed by atoms with Crippen LogP contribution >= 0.6 is 11.3 Å². The van der Waals surface area contributed by atoms with E-state index in [1.54, 1.807) is 18.3 Å². The van der Waals surface area contributed by atoms with Crippen molar-refractivity contribution in [2.24, 2.45) is 0 Å². The van der Waals surface area contributed by atoms with Gasteiger partial charge in [-0.1, -0.05) is 30.3 Å². The standard InChI is InChI=1S/C31H21FN8O2S/c1-16(41)22-7-8-23(43-22)20-9-10-34-30-28(20)37-31(38-30)29-25-21(39-40-29)15-35-27(26(25)32)18-12-19(14-33-13-18)36-24(42)11-17-5-3-2-4-6-17/h2-10,12-15H,11H2,1H3,(H,36,42)(H,39,40)(H,34,37,38). The number of aromatic amines is 2. The van der Waals surface area contributed by atoms with E-state index in [0.717, 1.165) is 16.0 Å². The van der Waals surface area contributed by atoms with Crippen LogP contribution in [-0.2, 0) is 11.2 Å². The average Bonchev–Trinajstić information content (AvgIpc) is 3.76. The second-order valence-electron chi connectivity index (χ2n) is 9.82. The van der Waals surface area contributed by atoms with Crippen molar-refractivity contribution in [2.75, 3.05) is 5.32 Å². The molecule has 0 spiro atoms. The molecule has 7 rings (SSSR count). The van der Waals surface area contributed by atoms with Gasteiger partial charge < -0.3 is 10.3 Å². The number of carbonyl (C=O) groups is 2. The maximum absolute atomic E-state index is 16.2. The van der Waals surface area contributed by atoms with Gasteiger partial charge in [-0.2, -0.15) is 5.10 Å². The first kappa shape index (κ1) is 26.3. The SMILES string of the molecule is CC(=O)c1ccc(-c2ccnc3[nH]c(-c4n[nH]c5cnc(-c6cncc(NC(=O)Cc7ccccc7)c6)c(F)c45)nc23)s1. The molecule has 3 N–H and O–H groups in total. The molecule has 1 aromatic carbocycles. The molecule has 210 valence electrons. The van der Waals surface area contributed by atoms with E-state index < -0.39 is 5.82 Å². The number of aromatic nitrogens is 7. The summed E-state index contributed by atoms with van der Waals surface area (Å²) in [6.45, 7) is 1.53. The Kier molecular flexibility index (Phi) is 6.51. The number of nitrogens with zero attached hydrogens (tertiary/aromatic N) is 5. The van der Waals surface area contributed by atoms with Gasteiger partial charge >= 0.3 is 0 Å². The molecule has 43 heavy (non-hydrogen) atoms. The molecule has 0 radical (unpaired) electrons. The number of benzene rings is 1. The Balaban J connectivity index is 1.24. The Morgan fingerprint density at radius 2 is 1.86 bits per heavy atom. The largest absolute Gasteiger partial charge is 0.324 e. The van der Waals surface area contributed by atoms with Crippen LogP contribution in [-0.4, -0.2) is 46.8 Å². The number of carbonyl (C=O) groups excluding carboxylic acids is 2. The predicted molar refractivity (Wildman–Crippen MR) is 162 cm³/mol. The van der Waals surface area contributed by atoms with Crippen molar-refractivity contribution in [3.8, 4) is 33.2 Å². The Labute approximate surface area is 247 Å². The maximum Gasteiger partial charge on any atom is 0.228 e. The average molecular weight is 589 g/mol. The molecular formula is C31H21FN8O2S. The lowest BCUT2D eigenvalue weighted by Gasteiger charge is -2.08. The number of nitrogens with one attached hydrogen (secondary N) is 3. The molecule has 0 aliphatic carbocycles. The molecular weight excluding hydrogens is 567 g/mol. The number of halogens is 1. The minimum atomic E-state index is -0.617. The molecule has 0 atom stereocenters. The molecule has 0 saturated heterocycles. The van der Waals surface area contributed by atoms with Crippen molar-refractivity contribution in [3.05, 3.63) is 95.6 Å². The summed E-state index contributed by atoms with van der Waals surface area (Å²) in [6.07, 6.45) is 6.32. The molecule has 6 aromatic heterocycles. The van der Waals surface area contributed by atoms with Crippen LogP contribution < -0.4 is 5.32 Å². The van der Waals surface area contributed by atoms with E-state index in [1.165, 1.54) is 36.9 Å². The fraction of sp³-hybridized carbons (Fsp3) is 0.0645. The highest BCUT2D eigenvalue weighted by Gasteiger charge is 2.22. The first-order valence-corrected chi connectivity index (χ1v) is 14.0. The molecule has 0 saturated carbocycles. The van der Waals surface area contributed by atoms with Crippen LogP contribution in [0.1, 0.15) is 22.2 Å². The van der Waals surface area contributed by atoms with E-state index in [4.69, 9.17) is 4.98 Å². The second kappa shape index (κ2) is 10.7. The molecule has 0 unspecified atom stereocenters. The Hall–Kier alpha value is -5.62. The highest BCUT2D eigenvalue weighted by molar-refractivity contribution is 7.17. The van der Waals surface area contributed by atoms with Crippen molar-refractivity contribution in [1.82, 2.24) is 35.1 Å². The normalized spacial score (nSPS) is 11.3. The molecule has 0 fully saturated rings. The lowest BCUT2D eigenvalue weighted by atomic mass is 10.1. The third-order valence-corrected chi connectivity index (χ3v) is 8.09. The number of pyridine rings is 3. The van der Waals surface area contributed by atoms with Gasteiger partial charge in [0.05, 0.1) is 40.3 Å². The molecule has 1 amide bonds. The van der Waals surface area contributed by atoms with Crippen molar-refractivity contribution in [3.63, 3.8) is 0 Å². The van der Waals surface area contributed by atoms with Crippen molar-refractivity contribution in [2.45, 2.75) is 13.3 Å². The number of ketones is 1. The molecule has 10 nitrogen and oxygen atoms in total. The number of hydrogen-bond donors (Lipinski definition) is 3. The Morgan fingerprint density at radius 3 is 2.67 bits per heavy atom. The highest BCUT2D eigenvalue weighted by atomic mass is 32.1. The second-order valence-corrected chi connectivity index (χ2v) is 10.9. The number of imidazole rings is 1. The zero-order valence-electron chi connectivity index (χ0n) is 22.6. The number of rotatable bonds is 7. The number of thiophene rings is 1. The van der Waals surface area contributed by atoms with Gasteiger partial charge in [-0.25, -0.2) is 14.4 Å². The summed E-state index contributed by atoms with van der Waals surface area (Å²) in [5.74, 6) is -0.527. The third-order valence-electron chi connectivity index (χ3n) is 6.87. The lowest BCUT2D eigenvalue weighted by molar-refractivity contribution is -0.115. The zero-order chi connectivity index (χ0) is 29.5. The zero-order valence-corrected chi connectivity index (χ0v) is 23.4. The lowest BCUT2D eigenvalue weighted by Crippen LogP contribution is -2.14. The van der Waals surface area contributed by atoms with Crippen LogP contribution in [0.2, 0.25) is 0 Å². The van der Waals surface area contributed by atoms with Crippen molar-refractivity contribution >= 4 is 50.8 Å². The minimum Gasteiger partial charge on any atom is -0.324 e.